The number of rotatable bonds is 5. The van der Waals surface area contributed by atoms with Crippen molar-refractivity contribution in [3.8, 4) is 5.75 Å². The lowest BCUT2D eigenvalue weighted by atomic mass is 9.67. The number of hydrogen-bond donors (Lipinski definition) is 0. The largest absolute Gasteiger partial charge is 0.497 e. The molecule has 162 valence electrons. The Balaban J connectivity index is 1.22. The van der Waals surface area contributed by atoms with Crippen LogP contribution in [0.25, 0.3) is 0 Å². The minimum Gasteiger partial charge on any atom is -0.497 e. The number of ketones is 1. The number of amides is 1. The number of anilines is 1. The van der Waals surface area contributed by atoms with Crippen molar-refractivity contribution in [3.05, 3.63) is 24.3 Å². The molecule has 1 saturated heterocycles. The van der Waals surface area contributed by atoms with Gasteiger partial charge in [0.15, 0.2) is 6.61 Å². The van der Waals surface area contributed by atoms with Crippen LogP contribution in [0.15, 0.2) is 24.3 Å². The average molecular weight is 415 g/mol. The summed E-state index contributed by atoms with van der Waals surface area (Å²) in [5.74, 6) is 0.470. The summed E-state index contributed by atoms with van der Waals surface area (Å²) < 4.78 is 10.6. The Bertz CT molecular complexity index is 769. The lowest BCUT2D eigenvalue weighted by molar-refractivity contribution is -0.159. The van der Waals surface area contributed by atoms with Gasteiger partial charge in [-0.15, -0.1) is 0 Å². The topological polar surface area (TPSA) is 76.2 Å². The molecule has 1 aromatic rings. The molecule has 0 aromatic heterocycles. The Labute approximate surface area is 177 Å². The van der Waals surface area contributed by atoms with Crippen molar-refractivity contribution in [2.24, 2.45) is 17.8 Å². The first-order valence-electron chi connectivity index (χ1n) is 10.9. The number of ether oxygens (including phenoxy) is 2. The summed E-state index contributed by atoms with van der Waals surface area (Å²) in [6, 6.07) is 7.89. The van der Waals surface area contributed by atoms with Crippen LogP contribution >= 0.6 is 0 Å². The molecule has 1 amide bonds. The third-order valence-corrected chi connectivity index (χ3v) is 6.79. The van der Waals surface area contributed by atoms with Crippen LogP contribution in [0, 0.1) is 17.8 Å². The Kier molecular flexibility index (Phi) is 6.25. The normalized spacial score (nSPS) is 26.3. The van der Waals surface area contributed by atoms with Gasteiger partial charge in [-0.1, -0.05) is 6.42 Å². The lowest BCUT2D eigenvalue weighted by Gasteiger charge is -2.37. The van der Waals surface area contributed by atoms with Crippen molar-refractivity contribution in [2.45, 2.75) is 32.1 Å². The highest BCUT2D eigenvalue weighted by Gasteiger charge is 2.42. The molecule has 0 spiro atoms. The SMILES string of the molecule is COc1ccc(N2CCN(C(=O)COC(=O)C3CC4CCCC(C3)C4=O)CC2)cc1. The molecule has 0 radical (unpaired) electrons. The van der Waals surface area contributed by atoms with Crippen LogP contribution in [0.5, 0.6) is 5.75 Å². The third kappa shape index (κ3) is 4.45. The molecule has 2 saturated carbocycles. The zero-order chi connectivity index (χ0) is 21.1. The molecule has 1 heterocycles. The quantitative estimate of drug-likeness (QED) is 0.688. The predicted molar refractivity (Wildman–Crippen MR) is 111 cm³/mol. The number of carbonyl (C=O) groups excluding carboxylic acids is 3. The third-order valence-electron chi connectivity index (χ3n) is 6.79. The smallest absolute Gasteiger partial charge is 0.309 e. The Morgan fingerprint density at radius 3 is 2.23 bits per heavy atom. The van der Waals surface area contributed by atoms with Gasteiger partial charge < -0.3 is 19.3 Å². The van der Waals surface area contributed by atoms with Gasteiger partial charge in [0.25, 0.3) is 5.91 Å². The molecule has 3 fully saturated rings. The van der Waals surface area contributed by atoms with E-state index in [0.29, 0.717) is 31.7 Å². The highest BCUT2D eigenvalue weighted by Crippen LogP contribution is 2.40. The number of benzene rings is 1. The van der Waals surface area contributed by atoms with Crippen LogP contribution in [-0.2, 0) is 19.1 Å². The number of nitrogens with zero attached hydrogens (tertiary/aromatic N) is 2. The van der Waals surface area contributed by atoms with E-state index in [9.17, 15) is 14.4 Å². The zero-order valence-corrected chi connectivity index (χ0v) is 17.5. The summed E-state index contributed by atoms with van der Waals surface area (Å²) in [5, 5.41) is 0. The van der Waals surface area contributed by atoms with E-state index in [2.05, 4.69) is 4.90 Å². The van der Waals surface area contributed by atoms with Crippen LogP contribution in [0.2, 0.25) is 0 Å². The van der Waals surface area contributed by atoms with Crippen molar-refractivity contribution in [1.29, 1.82) is 0 Å². The maximum Gasteiger partial charge on any atom is 0.309 e. The molecular formula is C23H30N2O5. The first kappa shape index (κ1) is 20.7. The summed E-state index contributed by atoms with van der Waals surface area (Å²) in [4.78, 5) is 41.2. The van der Waals surface area contributed by atoms with Gasteiger partial charge in [0.1, 0.15) is 11.5 Å². The van der Waals surface area contributed by atoms with E-state index in [1.54, 1.807) is 12.0 Å². The molecule has 7 nitrogen and oxygen atoms in total. The highest BCUT2D eigenvalue weighted by molar-refractivity contribution is 5.88. The molecule has 7 heteroatoms. The van der Waals surface area contributed by atoms with E-state index in [-0.39, 0.29) is 36.2 Å². The van der Waals surface area contributed by atoms with Gasteiger partial charge in [-0.05, 0) is 49.9 Å². The van der Waals surface area contributed by atoms with Crippen LogP contribution in [0.1, 0.15) is 32.1 Å². The molecular weight excluding hydrogens is 384 g/mol. The van der Waals surface area contributed by atoms with Gasteiger partial charge in [0, 0.05) is 43.7 Å². The minimum atomic E-state index is -0.315. The molecule has 1 aliphatic heterocycles. The fourth-order valence-corrected chi connectivity index (χ4v) is 5.02. The number of hydrogen-bond acceptors (Lipinski definition) is 6. The van der Waals surface area contributed by atoms with Crippen LogP contribution < -0.4 is 9.64 Å². The number of methoxy groups -OCH3 is 1. The van der Waals surface area contributed by atoms with E-state index in [1.165, 1.54) is 0 Å². The standard InChI is InChI=1S/C23H30N2O5/c1-29-20-7-5-19(6-8-20)24-9-11-25(12-10-24)21(26)15-30-23(28)18-13-16-3-2-4-17(14-18)22(16)27/h5-8,16-18H,2-4,9-15H2,1H3. The van der Waals surface area contributed by atoms with Crippen molar-refractivity contribution in [3.63, 3.8) is 0 Å². The van der Waals surface area contributed by atoms with Gasteiger partial charge in [-0.25, -0.2) is 0 Å². The lowest BCUT2D eigenvalue weighted by Crippen LogP contribution is -2.50. The second-order valence-corrected chi connectivity index (χ2v) is 8.57. The molecule has 30 heavy (non-hydrogen) atoms. The molecule has 2 bridgehead atoms. The van der Waals surface area contributed by atoms with Crippen LogP contribution in [-0.4, -0.2) is 62.5 Å². The molecule has 2 atom stereocenters. The summed E-state index contributed by atoms with van der Waals surface area (Å²) in [7, 11) is 1.64. The second kappa shape index (κ2) is 9.06. The average Bonchev–Trinajstić information content (AvgIpc) is 2.77. The van der Waals surface area contributed by atoms with Crippen molar-refractivity contribution < 1.29 is 23.9 Å². The minimum absolute atomic E-state index is 0.0109. The van der Waals surface area contributed by atoms with Gasteiger partial charge in [-0.3, -0.25) is 14.4 Å². The highest BCUT2D eigenvalue weighted by atomic mass is 16.5. The first-order chi connectivity index (χ1) is 14.5. The van der Waals surface area contributed by atoms with Crippen molar-refractivity contribution in [1.82, 2.24) is 4.90 Å². The number of Topliss-reactive ketones (excluding diaryl/α,β-unsaturated/α-hetero) is 1. The number of fused-ring (bicyclic) bond motifs is 2. The molecule has 1 aromatic carbocycles. The molecule has 2 aliphatic carbocycles. The van der Waals surface area contributed by atoms with E-state index >= 15 is 0 Å². The summed E-state index contributed by atoms with van der Waals surface area (Å²) in [6.07, 6.45) is 4.02. The summed E-state index contributed by atoms with van der Waals surface area (Å²) in [6.45, 7) is 2.47. The van der Waals surface area contributed by atoms with Gasteiger partial charge in [-0.2, -0.15) is 0 Å². The van der Waals surface area contributed by atoms with E-state index < -0.39 is 0 Å². The maximum absolute atomic E-state index is 12.5. The fourth-order valence-electron chi connectivity index (χ4n) is 5.02. The molecule has 3 aliphatic rings. The molecule has 2 unspecified atom stereocenters. The maximum atomic E-state index is 12.5. The van der Waals surface area contributed by atoms with Crippen LogP contribution in [0.3, 0.4) is 0 Å². The monoisotopic (exact) mass is 414 g/mol. The van der Waals surface area contributed by atoms with Crippen LogP contribution in [0.4, 0.5) is 5.69 Å². The number of piperazine rings is 1. The summed E-state index contributed by atoms with van der Waals surface area (Å²) >= 11 is 0. The van der Waals surface area contributed by atoms with Crippen molar-refractivity contribution in [2.75, 3.05) is 44.8 Å². The Morgan fingerprint density at radius 2 is 1.63 bits per heavy atom. The van der Waals surface area contributed by atoms with E-state index in [0.717, 1.165) is 43.8 Å². The Hall–Kier alpha value is -2.57. The predicted octanol–water partition coefficient (Wildman–Crippen LogP) is 2.28. The second-order valence-electron chi connectivity index (χ2n) is 8.57. The van der Waals surface area contributed by atoms with Crippen molar-refractivity contribution >= 4 is 23.3 Å². The summed E-state index contributed by atoms with van der Waals surface area (Å²) in [5.41, 5.74) is 1.10. The fraction of sp³-hybridized carbons (Fsp3) is 0.609. The molecule has 0 N–H and O–H groups in total. The van der Waals surface area contributed by atoms with E-state index in [1.807, 2.05) is 24.3 Å². The zero-order valence-electron chi connectivity index (χ0n) is 17.5. The van der Waals surface area contributed by atoms with Gasteiger partial charge >= 0.3 is 5.97 Å². The first-order valence-corrected chi connectivity index (χ1v) is 10.9. The van der Waals surface area contributed by atoms with E-state index in [4.69, 9.17) is 9.47 Å². The number of esters is 1. The Morgan fingerprint density at radius 1 is 1.00 bits per heavy atom. The van der Waals surface area contributed by atoms with Gasteiger partial charge in [0.05, 0.1) is 13.0 Å². The molecule has 4 rings (SSSR count). The van der Waals surface area contributed by atoms with Gasteiger partial charge in [0.2, 0.25) is 0 Å². The number of carbonyl (C=O) groups is 3.